The molecule has 1 rings (SSSR count). The van der Waals surface area contributed by atoms with Gasteiger partial charge in [-0.2, -0.15) is 8.42 Å². The van der Waals surface area contributed by atoms with E-state index in [-0.39, 0.29) is 35.4 Å². The van der Waals surface area contributed by atoms with E-state index in [0.29, 0.717) is 0 Å². The maximum atomic E-state index is 10.4. The quantitative estimate of drug-likeness (QED) is 0.433. The minimum atomic E-state index is -4.02. The summed E-state index contributed by atoms with van der Waals surface area (Å²) in [5.41, 5.74) is 2.63. The van der Waals surface area contributed by atoms with E-state index in [1.54, 1.807) is 0 Å². The summed E-state index contributed by atoms with van der Waals surface area (Å²) in [6.45, 7) is 0. The summed E-state index contributed by atoms with van der Waals surface area (Å²) < 4.78 is 29.2. The van der Waals surface area contributed by atoms with Crippen molar-refractivity contribution in [3.8, 4) is 0 Å². The SMILES string of the molecule is O=S(=O)(O)C1=CC=C=C[CH]1.[HH].[HH].[Hg+]. The standard InChI is InChI=1S/C6H5O3S.Hg.2H2/c7-10(8,9)6-4-2-1-3-5-6;;;/h2-5H,(H,7,8,9);;2*1H/q;+1;;. The molecule has 5 heteroatoms. The fraction of sp³-hybridized carbons (Fsp3) is 0. The smallest absolute Gasteiger partial charge is 0.282 e. The zero-order valence-electron chi connectivity index (χ0n) is 5.69. The Kier molecular flexibility index (Phi) is 4.25. The van der Waals surface area contributed by atoms with E-state index in [9.17, 15) is 8.42 Å². The van der Waals surface area contributed by atoms with E-state index in [1.807, 2.05) is 0 Å². The Morgan fingerprint density at radius 1 is 1.45 bits per heavy atom. The van der Waals surface area contributed by atoms with Gasteiger partial charge in [0.15, 0.2) is 0 Å². The van der Waals surface area contributed by atoms with Crippen molar-refractivity contribution in [3.63, 3.8) is 0 Å². The van der Waals surface area contributed by atoms with Crippen LogP contribution in [0.15, 0.2) is 28.9 Å². The van der Waals surface area contributed by atoms with Crippen molar-refractivity contribution in [1.82, 2.24) is 0 Å². The summed E-state index contributed by atoms with van der Waals surface area (Å²) in [6.07, 6.45) is 5.39. The van der Waals surface area contributed by atoms with Crippen molar-refractivity contribution in [2.45, 2.75) is 0 Å². The third-order valence-electron chi connectivity index (χ3n) is 0.986. The monoisotopic (exact) mass is 363 g/mol. The Balaban J connectivity index is -0.000000333. The van der Waals surface area contributed by atoms with E-state index in [0.717, 1.165) is 0 Å². The number of rotatable bonds is 1. The van der Waals surface area contributed by atoms with Crippen molar-refractivity contribution >= 4 is 10.1 Å². The van der Waals surface area contributed by atoms with Gasteiger partial charge in [-0.15, -0.1) is 5.73 Å². The van der Waals surface area contributed by atoms with Crippen LogP contribution in [0.4, 0.5) is 0 Å². The molecule has 0 saturated carbocycles. The molecular weight excluding hydrogens is 353 g/mol. The molecule has 11 heavy (non-hydrogen) atoms. The van der Waals surface area contributed by atoms with Crippen LogP contribution in [0.1, 0.15) is 2.85 Å². The van der Waals surface area contributed by atoms with E-state index in [4.69, 9.17) is 4.55 Å². The van der Waals surface area contributed by atoms with E-state index < -0.39 is 10.1 Å². The molecule has 0 heterocycles. The number of allylic oxidation sites excluding steroid dienone is 3. The van der Waals surface area contributed by atoms with Crippen molar-refractivity contribution < 1.29 is 43.5 Å². The Morgan fingerprint density at radius 2 is 2.09 bits per heavy atom. The Labute approximate surface area is 88.7 Å². The maximum absolute atomic E-state index is 10.4. The predicted molar refractivity (Wildman–Crippen MR) is 40.8 cm³/mol. The Hall–Kier alpha value is 0.105. The van der Waals surface area contributed by atoms with Gasteiger partial charge >= 0.3 is 27.7 Å². The van der Waals surface area contributed by atoms with Crippen LogP contribution >= 0.6 is 0 Å². The van der Waals surface area contributed by atoms with Gasteiger partial charge in [0, 0.05) is 9.27 Å². The van der Waals surface area contributed by atoms with E-state index in [2.05, 4.69) is 5.73 Å². The van der Waals surface area contributed by atoms with Crippen LogP contribution in [0.3, 0.4) is 0 Å². The molecule has 0 amide bonds. The van der Waals surface area contributed by atoms with Crippen molar-refractivity contribution in [2.75, 3.05) is 0 Å². The van der Waals surface area contributed by atoms with Gasteiger partial charge in [-0.25, -0.2) is 0 Å². The molecule has 0 atom stereocenters. The second-order valence-electron chi connectivity index (χ2n) is 1.71. The van der Waals surface area contributed by atoms with Crippen LogP contribution in [0, 0.1) is 6.42 Å². The molecule has 3 nitrogen and oxygen atoms in total. The summed E-state index contributed by atoms with van der Waals surface area (Å²) >= 11 is 0. The normalized spacial score (nSPS) is 15.5. The van der Waals surface area contributed by atoms with Gasteiger partial charge in [0.05, 0.1) is 4.91 Å². The molecule has 2 radical (unpaired) electrons. The summed E-state index contributed by atoms with van der Waals surface area (Å²) in [6, 6.07) is 0. The van der Waals surface area contributed by atoms with Gasteiger partial charge in [-0.05, 0) is 18.2 Å². The van der Waals surface area contributed by atoms with Crippen LogP contribution in [0.25, 0.3) is 0 Å². The van der Waals surface area contributed by atoms with Gasteiger partial charge in [0.2, 0.25) is 0 Å². The Bertz CT molecular complexity index is 328. The number of hydrogen-bond donors (Lipinski definition) is 1. The van der Waals surface area contributed by atoms with Crippen LogP contribution in [0.5, 0.6) is 0 Å². The molecule has 0 aromatic heterocycles. The average molecular weight is 362 g/mol. The molecule has 0 aromatic rings. The summed E-state index contributed by atoms with van der Waals surface area (Å²) in [5.74, 6) is 0. The fourth-order valence-electron chi connectivity index (χ4n) is 0.544. The molecule has 0 bridgehead atoms. The molecule has 1 aliphatic carbocycles. The first-order valence-electron chi connectivity index (χ1n) is 2.54. The Morgan fingerprint density at radius 3 is 2.36 bits per heavy atom. The first-order valence-corrected chi connectivity index (χ1v) is 3.98. The van der Waals surface area contributed by atoms with E-state index >= 15 is 0 Å². The largest absolute Gasteiger partial charge is 1.00 e. The zero-order valence-corrected chi connectivity index (χ0v) is 12.0. The van der Waals surface area contributed by atoms with Crippen molar-refractivity contribution in [1.29, 1.82) is 0 Å². The topological polar surface area (TPSA) is 54.4 Å². The first kappa shape index (κ1) is 11.1. The van der Waals surface area contributed by atoms with Crippen LogP contribution in [-0.2, 0) is 37.8 Å². The second kappa shape index (κ2) is 4.21. The van der Waals surface area contributed by atoms with Gasteiger partial charge in [0.1, 0.15) is 0 Å². The molecule has 0 aromatic carbocycles. The summed E-state index contributed by atoms with van der Waals surface area (Å²) in [4.78, 5) is -0.105. The number of hydrogen-bond acceptors (Lipinski definition) is 2. The molecule has 0 spiro atoms. The van der Waals surface area contributed by atoms with Crippen LogP contribution in [0.2, 0.25) is 0 Å². The van der Waals surface area contributed by atoms with Crippen molar-refractivity contribution in [2.24, 2.45) is 0 Å². The molecular formula is C6H9HgO3S+. The summed E-state index contributed by atoms with van der Waals surface area (Å²) in [5, 5.41) is 0. The third-order valence-corrected chi connectivity index (χ3v) is 1.85. The minimum absolute atomic E-state index is 0. The van der Waals surface area contributed by atoms with Crippen LogP contribution in [-0.4, -0.2) is 13.0 Å². The van der Waals surface area contributed by atoms with E-state index in [1.165, 1.54) is 24.6 Å². The van der Waals surface area contributed by atoms with Crippen LogP contribution < -0.4 is 0 Å². The second-order valence-corrected chi connectivity index (χ2v) is 3.13. The van der Waals surface area contributed by atoms with Gasteiger partial charge in [-0.3, -0.25) is 4.55 Å². The molecule has 0 fully saturated rings. The van der Waals surface area contributed by atoms with Gasteiger partial charge < -0.3 is 0 Å². The molecule has 0 saturated heterocycles. The van der Waals surface area contributed by atoms with Crippen molar-refractivity contribution in [3.05, 3.63) is 35.3 Å². The first-order chi connectivity index (χ1) is 4.61. The predicted octanol–water partition coefficient (Wildman–Crippen LogP) is 1.18. The average Bonchev–Trinajstić information content (AvgIpc) is 1.88. The summed E-state index contributed by atoms with van der Waals surface area (Å²) in [7, 11) is -4.02. The fourth-order valence-corrected chi connectivity index (χ4v) is 1.02. The molecule has 1 aliphatic rings. The molecule has 58 valence electrons. The van der Waals surface area contributed by atoms with Gasteiger partial charge in [-0.1, -0.05) is 0 Å². The van der Waals surface area contributed by atoms with Gasteiger partial charge in [0.25, 0.3) is 10.1 Å². The molecule has 1 N–H and O–H groups in total. The minimum Gasteiger partial charge on any atom is -0.282 e. The zero-order chi connectivity index (χ0) is 7.61. The molecule has 0 unspecified atom stereocenters. The maximum Gasteiger partial charge on any atom is 1.00 e. The molecule has 0 aliphatic heterocycles. The third kappa shape index (κ3) is 3.34.